The Labute approximate surface area is 174 Å². The van der Waals surface area contributed by atoms with Crippen LogP contribution in [0.25, 0.3) is 10.9 Å². The number of non-ortho nitro benzene ring substituents is 1. The standard InChI is InChI=1S/C22H25N5O3/c1-16(2)17-3-5-18(6-4-17)22(28)25-11-9-24(10-12-25)15-26-21-8-7-20(27(29)30)13-19(21)14-23-26/h3-8,13-14,16H,9-12,15H2,1-2H3. The number of nitro benzene ring substituents is 1. The monoisotopic (exact) mass is 407 g/mol. The van der Waals surface area contributed by atoms with Crippen LogP contribution in [0.3, 0.4) is 0 Å². The van der Waals surface area contributed by atoms with Crippen LogP contribution >= 0.6 is 0 Å². The van der Waals surface area contributed by atoms with Crippen LogP contribution in [-0.4, -0.2) is 56.6 Å². The Hall–Kier alpha value is -3.26. The third kappa shape index (κ3) is 4.04. The summed E-state index contributed by atoms with van der Waals surface area (Å²) in [6, 6.07) is 12.7. The fourth-order valence-electron chi connectivity index (χ4n) is 3.78. The van der Waals surface area contributed by atoms with Crippen molar-refractivity contribution in [3.8, 4) is 0 Å². The third-order valence-electron chi connectivity index (χ3n) is 5.65. The molecular formula is C22H25N5O3. The first-order valence-corrected chi connectivity index (χ1v) is 10.1. The number of piperazine rings is 1. The fourth-order valence-corrected chi connectivity index (χ4v) is 3.78. The first-order chi connectivity index (χ1) is 14.4. The van der Waals surface area contributed by atoms with Gasteiger partial charge < -0.3 is 4.90 Å². The molecule has 2 aromatic carbocycles. The van der Waals surface area contributed by atoms with Gasteiger partial charge in [-0.2, -0.15) is 5.10 Å². The number of benzene rings is 2. The molecule has 0 bridgehead atoms. The van der Waals surface area contributed by atoms with Gasteiger partial charge in [0.2, 0.25) is 0 Å². The fraction of sp³-hybridized carbons (Fsp3) is 0.364. The van der Waals surface area contributed by atoms with E-state index in [0.29, 0.717) is 25.7 Å². The van der Waals surface area contributed by atoms with Crippen LogP contribution in [-0.2, 0) is 6.67 Å². The lowest BCUT2D eigenvalue weighted by atomic mass is 10.0. The Morgan fingerprint density at radius 3 is 2.43 bits per heavy atom. The minimum atomic E-state index is -0.399. The number of nitrogens with zero attached hydrogens (tertiary/aromatic N) is 5. The molecule has 4 rings (SSSR count). The van der Waals surface area contributed by atoms with Gasteiger partial charge in [-0.1, -0.05) is 26.0 Å². The number of amides is 1. The Balaban J connectivity index is 1.37. The maximum absolute atomic E-state index is 12.8. The highest BCUT2D eigenvalue weighted by Gasteiger charge is 2.23. The molecule has 2 heterocycles. The Morgan fingerprint density at radius 2 is 1.80 bits per heavy atom. The van der Waals surface area contributed by atoms with Crippen LogP contribution in [0.2, 0.25) is 0 Å². The van der Waals surface area contributed by atoms with Crippen LogP contribution in [0.4, 0.5) is 5.69 Å². The first kappa shape index (κ1) is 20.0. The van der Waals surface area contributed by atoms with Crippen molar-refractivity contribution >= 4 is 22.5 Å². The van der Waals surface area contributed by atoms with E-state index in [9.17, 15) is 14.9 Å². The molecule has 0 aliphatic carbocycles. The topological polar surface area (TPSA) is 84.5 Å². The van der Waals surface area contributed by atoms with Crippen molar-refractivity contribution in [3.63, 3.8) is 0 Å². The lowest BCUT2D eigenvalue weighted by Crippen LogP contribution is -2.49. The van der Waals surface area contributed by atoms with Gasteiger partial charge in [-0.05, 0) is 29.7 Å². The predicted molar refractivity (Wildman–Crippen MR) is 114 cm³/mol. The second kappa shape index (κ2) is 8.23. The summed E-state index contributed by atoms with van der Waals surface area (Å²) in [6.45, 7) is 7.70. The van der Waals surface area contributed by atoms with Gasteiger partial charge >= 0.3 is 0 Å². The van der Waals surface area contributed by atoms with Gasteiger partial charge in [0.1, 0.15) is 0 Å². The van der Waals surface area contributed by atoms with Gasteiger partial charge in [-0.15, -0.1) is 0 Å². The van der Waals surface area contributed by atoms with Crippen molar-refractivity contribution in [3.05, 3.63) is 69.9 Å². The van der Waals surface area contributed by atoms with Crippen LogP contribution in [0.15, 0.2) is 48.7 Å². The van der Waals surface area contributed by atoms with Crippen molar-refractivity contribution in [1.29, 1.82) is 0 Å². The van der Waals surface area contributed by atoms with E-state index >= 15 is 0 Å². The molecular weight excluding hydrogens is 382 g/mol. The van der Waals surface area contributed by atoms with E-state index in [1.165, 1.54) is 11.6 Å². The lowest BCUT2D eigenvalue weighted by molar-refractivity contribution is -0.384. The van der Waals surface area contributed by atoms with Gasteiger partial charge in [-0.25, -0.2) is 0 Å². The smallest absolute Gasteiger partial charge is 0.270 e. The Morgan fingerprint density at radius 1 is 1.10 bits per heavy atom. The van der Waals surface area contributed by atoms with Gasteiger partial charge in [0, 0.05) is 49.3 Å². The lowest BCUT2D eigenvalue weighted by Gasteiger charge is -2.34. The molecule has 8 nitrogen and oxygen atoms in total. The summed E-state index contributed by atoms with van der Waals surface area (Å²) in [6.07, 6.45) is 1.66. The van der Waals surface area contributed by atoms with Crippen molar-refractivity contribution in [2.75, 3.05) is 26.2 Å². The van der Waals surface area contributed by atoms with Crippen molar-refractivity contribution < 1.29 is 9.72 Å². The highest BCUT2D eigenvalue weighted by Crippen LogP contribution is 2.21. The second-order valence-electron chi connectivity index (χ2n) is 7.97. The number of rotatable bonds is 5. The molecule has 1 amide bonds. The zero-order chi connectivity index (χ0) is 21.3. The molecule has 1 aromatic heterocycles. The molecule has 1 saturated heterocycles. The summed E-state index contributed by atoms with van der Waals surface area (Å²) >= 11 is 0. The number of aromatic nitrogens is 2. The first-order valence-electron chi connectivity index (χ1n) is 10.1. The van der Waals surface area contributed by atoms with E-state index in [-0.39, 0.29) is 11.6 Å². The SMILES string of the molecule is CC(C)c1ccc(C(=O)N2CCN(Cn3ncc4cc([N+](=O)[O-])ccc43)CC2)cc1. The van der Waals surface area contributed by atoms with E-state index < -0.39 is 4.92 Å². The van der Waals surface area contributed by atoms with Crippen LogP contribution in [0.5, 0.6) is 0 Å². The number of fused-ring (bicyclic) bond motifs is 1. The average Bonchev–Trinajstić information content (AvgIpc) is 3.16. The third-order valence-corrected chi connectivity index (χ3v) is 5.65. The molecule has 1 aliphatic heterocycles. The minimum absolute atomic E-state index is 0.0654. The van der Waals surface area contributed by atoms with Crippen molar-refractivity contribution in [2.45, 2.75) is 26.4 Å². The van der Waals surface area contributed by atoms with Crippen LogP contribution < -0.4 is 0 Å². The van der Waals surface area contributed by atoms with E-state index in [2.05, 4.69) is 23.8 Å². The molecule has 156 valence electrons. The molecule has 3 aromatic rings. The molecule has 0 saturated carbocycles. The second-order valence-corrected chi connectivity index (χ2v) is 7.97. The summed E-state index contributed by atoms with van der Waals surface area (Å²) < 4.78 is 1.85. The zero-order valence-electron chi connectivity index (χ0n) is 17.2. The number of hydrogen-bond donors (Lipinski definition) is 0. The normalized spacial score (nSPS) is 15.1. The quantitative estimate of drug-likeness (QED) is 0.477. The molecule has 0 unspecified atom stereocenters. The number of nitro groups is 1. The van der Waals surface area contributed by atoms with Gasteiger partial charge in [0.25, 0.3) is 11.6 Å². The van der Waals surface area contributed by atoms with E-state index in [4.69, 9.17) is 0 Å². The molecule has 1 aliphatic rings. The highest BCUT2D eigenvalue weighted by atomic mass is 16.6. The molecule has 0 radical (unpaired) electrons. The van der Waals surface area contributed by atoms with Crippen LogP contribution in [0, 0.1) is 10.1 Å². The van der Waals surface area contributed by atoms with Crippen molar-refractivity contribution in [2.24, 2.45) is 0 Å². The molecule has 1 fully saturated rings. The molecule has 0 N–H and O–H groups in total. The van der Waals surface area contributed by atoms with Crippen molar-refractivity contribution in [1.82, 2.24) is 19.6 Å². The number of carbonyl (C=O) groups is 1. The van der Waals surface area contributed by atoms with E-state index in [1.807, 2.05) is 33.8 Å². The Kier molecular flexibility index (Phi) is 5.50. The van der Waals surface area contributed by atoms with Crippen LogP contribution in [0.1, 0.15) is 35.7 Å². The summed E-state index contributed by atoms with van der Waals surface area (Å²) in [5.41, 5.74) is 2.89. The van der Waals surface area contributed by atoms with Gasteiger partial charge in [-0.3, -0.25) is 24.5 Å². The molecule has 0 atom stereocenters. The maximum Gasteiger partial charge on any atom is 0.270 e. The average molecular weight is 407 g/mol. The molecule has 30 heavy (non-hydrogen) atoms. The van der Waals surface area contributed by atoms with E-state index in [1.54, 1.807) is 18.3 Å². The zero-order valence-corrected chi connectivity index (χ0v) is 17.2. The van der Waals surface area contributed by atoms with Gasteiger partial charge in [0.05, 0.1) is 23.3 Å². The number of hydrogen-bond acceptors (Lipinski definition) is 5. The van der Waals surface area contributed by atoms with Gasteiger partial charge in [0.15, 0.2) is 0 Å². The summed E-state index contributed by atoms with van der Waals surface area (Å²) in [4.78, 5) is 27.5. The number of carbonyl (C=O) groups excluding carboxylic acids is 1. The maximum atomic E-state index is 12.8. The minimum Gasteiger partial charge on any atom is -0.336 e. The highest BCUT2D eigenvalue weighted by molar-refractivity contribution is 5.94. The molecule has 0 spiro atoms. The largest absolute Gasteiger partial charge is 0.336 e. The predicted octanol–water partition coefficient (Wildman–Crippen LogP) is 3.48. The Bertz CT molecular complexity index is 1070. The van der Waals surface area contributed by atoms with E-state index in [0.717, 1.165) is 29.6 Å². The summed E-state index contributed by atoms with van der Waals surface area (Å²) in [5.74, 6) is 0.518. The molecule has 8 heteroatoms. The summed E-state index contributed by atoms with van der Waals surface area (Å²) in [7, 11) is 0. The summed E-state index contributed by atoms with van der Waals surface area (Å²) in [5, 5.41) is 16.1.